The lowest BCUT2D eigenvalue weighted by molar-refractivity contribution is -0.0648. The molecule has 1 aliphatic rings. The fourth-order valence-electron chi connectivity index (χ4n) is 2.73. The Morgan fingerprint density at radius 3 is 2.75 bits per heavy atom. The van der Waals surface area contributed by atoms with Crippen molar-refractivity contribution in [1.29, 1.82) is 0 Å². The highest BCUT2D eigenvalue weighted by molar-refractivity contribution is 5.96. The van der Waals surface area contributed by atoms with Crippen LogP contribution in [0.5, 0.6) is 0 Å². The second kappa shape index (κ2) is 5.25. The molecule has 6 nitrogen and oxygen atoms in total. The molecule has 0 atom stereocenters. The van der Waals surface area contributed by atoms with Gasteiger partial charge in [0.25, 0.3) is 0 Å². The topological polar surface area (TPSA) is 103 Å². The summed E-state index contributed by atoms with van der Waals surface area (Å²) < 4.78 is 5.26. The first kappa shape index (κ1) is 14.5. The number of fused-ring (bicyclic) bond motifs is 1. The zero-order chi connectivity index (χ0) is 16.7. The minimum atomic E-state index is -0.0883. The molecule has 4 rings (SSSR count). The summed E-state index contributed by atoms with van der Waals surface area (Å²) in [5.41, 5.74) is 15.3. The molecule has 24 heavy (non-hydrogen) atoms. The van der Waals surface area contributed by atoms with Gasteiger partial charge in [-0.3, -0.25) is 5.10 Å². The van der Waals surface area contributed by atoms with E-state index in [2.05, 4.69) is 33.9 Å². The summed E-state index contributed by atoms with van der Waals surface area (Å²) >= 11 is 0. The number of H-pyrrole nitrogens is 1. The first-order valence-electron chi connectivity index (χ1n) is 7.64. The standard InChI is InChI=1S/C18H17N5O/c1-18(9-24-10-18)4-2-12-6-13(11-3-5-21-15(19)8-11)7-14-16(12)22-23-17(14)20/h3,5-8H,9-10H2,1H3,(H2,19,21)(H3,20,22,23). The summed E-state index contributed by atoms with van der Waals surface area (Å²) in [6.45, 7) is 3.42. The smallest absolute Gasteiger partial charge is 0.153 e. The predicted octanol–water partition coefficient (Wildman–Crippen LogP) is 2.18. The van der Waals surface area contributed by atoms with Crippen molar-refractivity contribution in [3.05, 3.63) is 36.0 Å². The Morgan fingerprint density at radius 1 is 1.21 bits per heavy atom. The molecular formula is C18H17N5O. The SMILES string of the molecule is CC1(C#Cc2cc(-c3ccnc(N)c3)cc3c(N)n[nH]c23)COC1. The number of hydrogen-bond donors (Lipinski definition) is 3. The molecule has 0 radical (unpaired) electrons. The lowest BCUT2D eigenvalue weighted by Crippen LogP contribution is -2.38. The molecule has 0 aliphatic carbocycles. The molecule has 5 N–H and O–H groups in total. The maximum Gasteiger partial charge on any atom is 0.153 e. The van der Waals surface area contributed by atoms with Gasteiger partial charge in [-0.25, -0.2) is 4.98 Å². The number of nitrogen functional groups attached to an aromatic ring is 2. The molecule has 0 spiro atoms. The number of benzene rings is 1. The van der Waals surface area contributed by atoms with Crippen LogP contribution in [0.4, 0.5) is 11.6 Å². The van der Waals surface area contributed by atoms with Crippen LogP contribution in [-0.2, 0) is 4.74 Å². The minimum absolute atomic E-state index is 0.0883. The molecule has 3 heterocycles. The molecular weight excluding hydrogens is 302 g/mol. The molecule has 2 aromatic heterocycles. The first-order chi connectivity index (χ1) is 11.5. The average molecular weight is 319 g/mol. The van der Waals surface area contributed by atoms with Crippen LogP contribution < -0.4 is 11.5 Å². The van der Waals surface area contributed by atoms with Crippen molar-refractivity contribution in [2.45, 2.75) is 6.92 Å². The van der Waals surface area contributed by atoms with E-state index >= 15 is 0 Å². The number of nitrogens with zero attached hydrogens (tertiary/aromatic N) is 2. The van der Waals surface area contributed by atoms with Crippen LogP contribution in [0.15, 0.2) is 30.5 Å². The minimum Gasteiger partial charge on any atom is -0.384 e. The molecule has 1 saturated heterocycles. The van der Waals surface area contributed by atoms with E-state index in [1.165, 1.54) is 0 Å². The summed E-state index contributed by atoms with van der Waals surface area (Å²) in [6.07, 6.45) is 1.69. The highest BCUT2D eigenvalue weighted by atomic mass is 16.5. The number of rotatable bonds is 1. The zero-order valence-electron chi connectivity index (χ0n) is 13.3. The normalized spacial score (nSPS) is 15.5. The Kier molecular flexibility index (Phi) is 3.18. The largest absolute Gasteiger partial charge is 0.384 e. The average Bonchev–Trinajstić information content (AvgIpc) is 2.92. The highest BCUT2D eigenvalue weighted by Crippen LogP contribution is 2.30. The summed E-state index contributed by atoms with van der Waals surface area (Å²) in [6, 6.07) is 7.74. The van der Waals surface area contributed by atoms with Crippen molar-refractivity contribution in [2.75, 3.05) is 24.7 Å². The van der Waals surface area contributed by atoms with E-state index in [1.54, 1.807) is 6.20 Å². The van der Waals surface area contributed by atoms with Gasteiger partial charge in [0.1, 0.15) is 5.82 Å². The van der Waals surface area contributed by atoms with Gasteiger partial charge in [-0.2, -0.15) is 5.10 Å². The van der Waals surface area contributed by atoms with Crippen LogP contribution in [0.1, 0.15) is 12.5 Å². The van der Waals surface area contributed by atoms with Crippen LogP contribution in [0.25, 0.3) is 22.0 Å². The monoisotopic (exact) mass is 319 g/mol. The number of pyridine rings is 1. The van der Waals surface area contributed by atoms with E-state index in [9.17, 15) is 0 Å². The number of anilines is 2. The van der Waals surface area contributed by atoms with Crippen molar-refractivity contribution >= 4 is 22.5 Å². The van der Waals surface area contributed by atoms with Crippen molar-refractivity contribution < 1.29 is 4.74 Å². The molecule has 1 aromatic carbocycles. The lowest BCUT2D eigenvalue weighted by atomic mass is 9.89. The lowest BCUT2D eigenvalue weighted by Gasteiger charge is -2.32. The van der Waals surface area contributed by atoms with E-state index < -0.39 is 0 Å². The Labute approximate surface area is 139 Å². The molecule has 0 bridgehead atoms. The molecule has 0 saturated carbocycles. The van der Waals surface area contributed by atoms with E-state index in [1.807, 2.05) is 24.3 Å². The molecule has 0 amide bonds. The van der Waals surface area contributed by atoms with E-state index in [0.717, 1.165) is 27.6 Å². The van der Waals surface area contributed by atoms with Crippen molar-refractivity contribution in [3.8, 4) is 23.0 Å². The maximum atomic E-state index is 5.99. The van der Waals surface area contributed by atoms with Crippen LogP contribution >= 0.6 is 0 Å². The number of aromatic nitrogens is 3. The highest BCUT2D eigenvalue weighted by Gasteiger charge is 2.31. The van der Waals surface area contributed by atoms with Gasteiger partial charge in [-0.1, -0.05) is 11.8 Å². The van der Waals surface area contributed by atoms with Crippen molar-refractivity contribution in [2.24, 2.45) is 5.41 Å². The van der Waals surface area contributed by atoms with Crippen molar-refractivity contribution in [1.82, 2.24) is 15.2 Å². The summed E-state index contributed by atoms with van der Waals surface area (Å²) in [4.78, 5) is 4.04. The third-order valence-electron chi connectivity index (χ3n) is 4.16. The Balaban J connectivity index is 1.88. The van der Waals surface area contributed by atoms with Gasteiger partial charge in [0.2, 0.25) is 0 Å². The summed E-state index contributed by atoms with van der Waals surface area (Å²) in [5, 5.41) is 7.93. The fourth-order valence-corrected chi connectivity index (χ4v) is 2.73. The van der Waals surface area contributed by atoms with Gasteiger partial charge in [-0.15, -0.1) is 0 Å². The van der Waals surface area contributed by atoms with E-state index in [0.29, 0.717) is 24.8 Å². The molecule has 120 valence electrons. The van der Waals surface area contributed by atoms with Crippen LogP contribution in [-0.4, -0.2) is 28.4 Å². The van der Waals surface area contributed by atoms with Gasteiger partial charge in [0.05, 0.1) is 29.7 Å². The van der Waals surface area contributed by atoms with Gasteiger partial charge in [0, 0.05) is 11.6 Å². The number of hydrogen-bond acceptors (Lipinski definition) is 5. The summed E-state index contributed by atoms with van der Waals surface area (Å²) in [5.74, 6) is 7.49. The molecule has 6 heteroatoms. The van der Waals surface area contributed by atoms with Gasteiger partial charge >= 0.3 is 0 Å². The first-order valence-corrected chi connectivity index (χ1v) is 7.64. The van der Waals surface area contributed by atoms with Gasteiger partial charge < -0.3 is 16.2 Å². The predicted molar refractivity (Wildman–Crippen MR) is 94.0 cm³/mol. The third kappa shape index (κ3) is 2.45. The third-order valence-corrected chi connectivity index (χ3v) is 4.16. The second-order valence-electron chi connectivity index (χ2n) is 6.33. The molecule has 3 aromatic rings. The molecule has 1 fully saturated rings. The van der Waals surface area contributed by atoms with Crippen LogP contribution in [0.2, 0.25) is 0 Å². The Bertz CT molecular complexity index is 992. The number of ether oxygens (including phenoxy) is 1. The fraction of sp³-hybridized carbons (Fsp3) is 0.222. The summed E-state index contributed by atoms with van der Waals surface area (Å²) in [7, 11) is 0. The van der Waals surface area contributed by atoms with E-state index in [-0.39, 0.29) is 5.41 Å². The maximum absolute atomic E-state index is 5.99. The molecule has 1 aliphatic heterocycles. The number of nitrogens with one attached hydrogen (secondary N) is 1. The van der Waals surface area contributed by atoms with Crippen molar-refractivity contribution in [3.63, 3.8) is 0 Å². The Hall–Kier alpha value is -3.04. The number of nitrogens with two attached hydrogens (primary N) is 2. The molecule has 0 unspecified atom stereocenters. The van der Waals surface area contributed by atoms with E-state index in [4.69, 9.17) is 16.2 Å². The Morgan fingerprint density at radius 2 is 2.04 bits per heavy atom. The van der Waals surface area contributed by atoms with Gasteiger partial charge in [0.15, 0.2) is 5.82 Å². The zero-order valence-corrected chi connectivity index (χ0v) is 13.3. The quantitative estimate of drug-likeness (QED) is 0.597. The van der Waals surface area contributed by atoms with Crippen LogP contribution in [0, 0.1) is 17.3 Å². The van der Waals surface area contributed by atoms with Gasteiger partial charge in [-0.05, 0) is 42.3 Å². The second-order valence-corrected chi connectivity index (χ2v) is 6.33. The van der Waals surface area contributed by atoms with Crippen LogP contribution in [0.3, 0.4) is 0 Å². The number of aromatic amines is 1.